The number of carbonyl (C=O) groups excluding carboxylic acids is 1. The average Bonchev–Trinajstić information content (AvgIpc) is 3.23. The Kier molecular flexibility index (Phi) is 7.31. The van der Waals surface area contributed by atoms with E-state index in [2.05, 4.69) is 55.3 Å². The minimum absolute atomic E-state index is 0.113. The van der Waals surface area contributed by atoms with E-state index in [1.54, 1.807) is 20.8 Å². The van der Waals surface area contributed by atoms with Crippen molar-refractivity contribution >= 4 is 57.2 Å². The molecule has 0 aliphatic carbocycles. The fourth-order valence-electron chi connectivity index (χ4n) is 4.43. The largest absolute Gasteiger partial charge is 0.532 e. The monoisotopic (exact) mass is 549 g/mol. The van der Waals surface area contributed by atoms with E-state index >= 15 is 0 Å². The van der Waals surface area contributed by atoms with Crippen LogP contribution in [0.1, 0.15) is 41.5 Å². The van der Waals surface area contributed by atoms with Crippen LogP contribution in [0.2, 0.25) is 5.04 Å². The van der Waals surface area contributed by atoms with Crippen molar-refractivity contribution in [3.8, 4) is 5.75 Å². The second kappa shape index (κ2) is 10.2. The predicted molar refractivity (Wildman–Crippen MR) is 154 cm³/mol. The van der Waals surface area contributed by atoms with Crippen LogP contribution in [0.3, 0.4) is 0 Å². The van der Waals surface area contributed by atoms with E-state index in [0.29, 0.717) is 16.0 Å². The highest BCUT2D eigenvalue weighted by Crippen LogP contribution is 2.42. The first-order chi connectivity index (χ1) is 17.8. The smallest absolute Gasteiger partial charge is 0.413 e. The fourth-order valence-corrected chi connectivity index (χ4v) is 9.75. The van der Waals surface area contributed by atoms with Crippen molar-refractivity contribution in [1.29, 1.82) is 0 Å². The van der Waals surface area contributed by atoms with Gasteiger partial charge in [-0.3, -0.25) is 15.4 Å². The lowest BCUT2D eigenvalue weighted by Crippen LogP contribution is -2.68. The maximum Gasteiger partial charge on any atom is 0.413 e. The van der Waals surface area contributed by atoms with E-state index < -0.39 is 24.9 Å². The maximum atomic E-state index is 12.4. The van der Waals surface area contributed by atoms with Gasteiger partial charge in [0.05, 0.1) is 15.7 Å². The number of anilines is 1. The zero-order valence-corrected chi connectivity index (χ0v) is 24.1. The molecule has 3 aromatic carbocycles. The number of benzene rings is 3. The Labute approximate surface area is 226 Å². The molecule has 1 amide bonds. The first-order valence-corrected chi connectivity index (χ1v) is 14.9. The molecule has 8 nitrogen and oxygen atoms in total. The molecule has 0 atom stereocenters. The normalized spacial score (nSPS) is 12.3. The number of hydrogen-bond acceptors (Lipinski definition) is 7. The molecular weight excluding hydrogens is 518 g/mol. The number of nitrogens with one attached hydrogen (secondary N) is 1. The number of fused-ring (bicyclic) bond motifs is 1. The van der Waals surface area contributed by atoms with Crippen LogP contribution in [0.5, 0.6) is 5.75 Å². The van der Waals surface area contributed by atoms with Gasteiger partial charge in [-0.15, -0.1) is 0 Å². The summed E-state index contributed by atoms with van der Waals surface area (Å²) >= 11 is 1.13. The highest BCUT2D eigenvalue weighted by Gasteiger charge is 2.52. The molecule has 0 radical (unpaired) electrons. The van der Waals surface area contributed by atoms with E-state index in [0.717, 1.165) is 21.7 Å². The zero-order chi connectivity index (χ0) is 27.7. The molecule has 0 spiro atoms. The van der Waals surface area contributed by atoms with Crippen LogP contribution in [-0.4, -0.2) is 29.9 Å². The molecule has 0 unspecified atom stereocenters. The molecule has 198 valence electrons. The van der Waals surface area contributed by atoms with Gasteiger partial charge in [0, 0.05) is 6.07 Å². The van der Waals surface area contributed by atoms with Crippen LogP contribution in [0.4, 0.5) is 15.6 Å². The van der Waals surface area contributed by atoms with Crippen molar-refractivity contribution < 1.29 is 18.9 Å². The van der Waals surface area contributed by atoms with Crippen LogP contribution in [-0.2, 0) is 4.74 Å². The van der Waals surface area contributed by atoms with E-state index in [1.165, 1.54) is 12.1 Å². The molecule has 1 N–H and O–H groups in total. The molecule has 0 aliphatic heterocycles. The summed E-state index contributed by atoms with van der Waals surface area (Å²) in [5.74, 6) is 0.303. The van der Waals surface area contributed by atoms with E-state index in [1.807, 2.05) is 36.4 Å². The lowest BCUT2D eigenvalue weighted by atomic mass is 10.2. The second-order valence-corrected chi connectivity index (χ2v) is 16.2. The van der Waals surface area contributed by atoms with Gasteiger partial charge in [0.15, 0.2) is 5.13 Å². The molecule has 0 fully saturated rings. The quantitative estimate of drug-likeness (QED) is 0.167. The highest BCUT2D eigenvalue weighted by atomic mass is 32.1. The summed E-state index contributed by atoms with van der Waals surface area (Å²) in [6.45, 7) is 11.7. The summed E-state index contributed by atoms with van der Waals surface area (Å²) in [5.41, 5.74) is -0.352. The van der Waals surface area contributed by atoms with Crippen LogP contribution >= 0.6 is 11.3 Å². The molecule has 0 saturated heterocycles. The van der Waals surface area contributed by atoms with Gasteiger partial charge >= 0.3 is 14.4 Å². The van der Waals surface area contributed by atoms with Crippen molar-refractivity contribution in [3.05, 3.63) is 82.9 Å². The highest BCUT2D eigenvalue weighted by molar-refractivity contribution is 7.22. The lowest BCUT2D eigenvalue weighted by molar-refractivity contribution is -0.384. The van der Waals surface area contributed by atoms with Crippen molar-refractivity contribution in [1.82, 2.24) is 4.98 Å². The molecule has 0 saturated carbocycles. The van der Waals surface area contributed by atoms with E-state index in [-0.39, 0.29) is 15.9 Å². The molecule has 0 bridgehead atoms. The lowest BCUT2D eigenvalue weighted by Gasteiger charge is -2.42. The molecular formula is C28H31N3O5SSi. The molecule has 4 rings (SSSR count). The first kappa shape index (κ1) is 27.3. The van der Waals surface area contributed by atoms with Gasteiger partial charge in [-0.05, 0) is 36.2 Å². The van der Waals surface area contributed by atoms with Crippen LogP contribution < -0.4 is 20.1 Å². The number of nitro benzene ring substituents is 1. The third-order valence-corrected chi connectivity index (χ3v) is 11.8. The summed E-state index contributed by atoms with van der Waals surface area (Å²) < 4.78 is 13.0. The third kappa shape index (κ3) is 5.56. The minimum atomic E-state index is -3.09. The standard InChI is InChI=1S/C28H31N3O5SSi/c1-27(2,3)35-26(32)30-25-29-24-22(17-19(31(33)34)18-23(24)37-25)36-38(28(4,5)6,20-13-9-7-10-14-20)21-15-11-8-12-16-21/h7-18H,1-6H3,(H,29,30,32). The van der Waals surface area contributed by atoms with Crippen molar-refractivity contribution in [2.45, 2.75) is 52.2 Å². The maximum absolute atomic E-state index is 12.4. The molecule has 0 aliphatic rings. The molecule has 38 heavy (non-hydrogen) atoms. The van der Waals surface area contributed by atoms with Gasteiger partial charge in [0.1, 0.15) is 16.9 Å². The molecule has 1 heterocycles. The SMILES string of the molecule is CC(C)(C)OC(=O)Nc1nc2c(O[Si](c3ccccc3)(c3ccccc3)C(C)(C)C)cc([N+](=O)[O-])cc2s1. The predicted octanol–water partition coefficient (Wildman–Crippen LogP) is 6.49. The van der Waals surface area contributed by atoms with E-state index in [4.69, 9.17) is 9.16 Å². The van der Waals surface area contributed by atoms with Gasteiger partial charge in [-0.2, -0.15) is 0 Å². The summed E-state index contributed by atoms with van der Waals surface area (Å²) in [5, 5.41) is 16.5. The first-order valence-electron chi connectivity index (χ1n) is 12.2. The summed E-state index contributed by atoms with van der Waals surface area (Å²) in [6, 6.07) is 22.9. The van der Waals surface area contributed by atoms with E-state index in [9.17, 15) is 14.9 Å². The average molecular weight is 550 g/mol. The van der Waals surface area contributed by atoms with Gasteiger partial charge in [-0.25, -0.2) is 9.78 Å². The van der Waals surface area contributed by atoms with Crippen LogP contribution in [0.25, 0.3) is 10.2 Å². The summed E-state index contributed by atoms with van der Waals surface area (Å²) in [6.07, 6.45) is -0.652. The zero-order valence-electron chi connectivity index (χ0n) is 22.3. The van der Waals surface area contributed by atoms with Crippen molar-refractivity contribution in [2.75, 3.05) is 5.32 Å². The van der Waals surface area contributed by atoms with Crippen molar-refractivity contribution in [2.24, 2.45) is 0 Å². The number of carbonyl (C=O) groups is 1. The Hall–Kier alpha value is -3.76. The van der Waals surface area contributed by atoms with Gasteiger partial charge in [0.25, 0.3) is 5.69 Å². The Morgan fingerprint density at radius 3 is 1.97 bits per heavy atom. The van der Waals surface area contributed by atoms with Crippen LogP contribution in [0, 0.1) is 10.1 Å². The third-order valence-electron chi connectivity index (χ3n) is 5.94. The Morgan fingerprint density at radius 2 is 1.50 bits per heavy atom. The number of hydrogen-bond donors (Lipinski definition) is 1. The number of amides is 1. The number of thiazole rings is 1. The molecule has 10 heteroatoms. The van der Waals surface area contributed by atoms with Gasteiger partial charge < -0.3 is 9.16 Å². The number of aromatic nitrogens is 1. The second-order valence-electron chi connectivity index (χ2n) is 11.0. The fraction of sp³-hybridized carbons (Fsp3) is 0.286. The number of nitrogens with zero attached hydrogens (tertiary/aromatic N) is 2. The van der Waals surface area contributed by atoms with Crippen LogP contribution in [0.15, 0.2) is 72.8 Å². The van der Waals surface area contributed by atoms with Crippen molar-refractivity contribution in [3.63, 3.8) is 0 Å². The number of ether oxygens (including phenoxy) is 1. The Balaban J connectivity index is 1.92. The number of rotatable bonds is 6. The minimum Gasteiger partial charge on any atom is -0.532 e. The van der Waals surface area contributed by atoms with Gasteiger partial charge in [-0.1, -0.05) is 92.8 Å². The topological polar surface area (TPSA) is 104 Å². The molecule has 4 aromatic rings. The summed E-state index contributed by atoms with van der Waals surface area (Å²) in [7, 11) is -3.09. The Bertz CT molecular complexity index is 1420. The number of nitro groups is 1. The molecule has 1 aromatic heterocycles. The Morgan fingerprint density at radius 1 is 0.947 bits per heavy atom. The number of non-ortho nitro benzene ring substituents is 1. The van der Waals surface area contributed by atoms with Gasteiger partial charge in [0.2, 0.25) is 0 Å². The summed E-state index contributed by atoms with van der Waals surface area (Å²) in [4.78, 5) is 28.5.